The molecule has 160 valence electrons. The zero-order valence-corrected chi connectivity index (χ0v) is 17.1. The number of carbonyl (C=O) groups excluding carboxylic acids is 1. The van der Waals surface area contributed by atoms with Gasteiger partial charge in [0.1, 0.15) is 0 Å². The Bertz CT molecular complexity index is 1170. The normalized spacial score (nSPS) is 14.4. The van der Waals surface area contributed by atoms with Crippen LogP contribution in [-0.4, -0.2) is 15.9 Å². The zero-order chi connectivity index (χ0) is 22.0. The first kappa shape index (κ1) is 21.0. The molecule has 0 atom stereocenters. The maximum atomic E-state index is 13.7. The van der Waals surface area contributed by atoms with Gasteiger partial charge in [0.15, 0.2) is 5.65 Å². The standard InChI is InChI=1S/C24H22F3N3O/c1-15-20(13-18-8-5-11-28-22(18)30-15)23(31)29-14-16-9-10-19(17-6-3-2-4-7-17)21(12-16)24(25,26)27/h5-6,8-13H,2-4,7,14H2,1H3,(H,29,31). The molecule has 3 aromatic rings. The predicted molar refractivity (Wildman–Crippen MR) is 113 cm³/mol. The lowest BCUT2D eigenvalue weighted by molar-refractivity contribution is -0.137. The second-order valence-corrected chi connectivity index (χ2v) is 7.71. The molecular weight excluding hydrogens is 403 g/mol. The molecule has 0 radical (unpaired) electrons. The van der Waals surface area contributed by atoms with Crippen molar-refractivity contribution in [3.05, 3.63) is 76.6 Å². The van der Waals surface area contributed by atoms with Crippen molar-refractivity contribution < 1.29 is 18.0 Å². The summed E-state index contributed by atoms with van der Waals surface area (Å²) < 4.78 is 41.2. The van der Waals surface area contributed by atoms with Crippen LogP contribution in [0.1, 0.15) is 58.4 Å². The molecule has 0 fully saturated rings. The van der Waals surface area contributed by atoms with Crippen LogP contribution >= 0.6 is 0 Å². The van der Waals surface area contributed by atoms with E-state index in [2.05, 4.69) is 15.3 Å². The summed E-state index contributed by atoms with van der Waals surface area (Å²) >= 11 is 0. The average Bonchev–Trinajstić information content (AvgIpc) is 2.77. The van der Waals surface area contributed by atoms with E-state index in [1.165, 1.54) is 6.07 Å². The summed E-state index contributed by atoms with van der Waals surface area (Å²) in [5.74, 6) is -0.386. The third kappa shape index (κ3) is 4.60. The van der Waals surface area contributed by atoms with Gasteiger partial charge >= 0.3 is 6.18 Å². The highest BCUT2D eigenvalue weighted by Crippen LogP contribution is 2.38. The SMILES string of the molecule is Cc1nc2ncccc2cc1C(=O)NCc1ccc(C2=CCCCC2)c(C(F)(F)F)c1. The summed E-state index contributed by atoms with van der Waals surface area (Å²) in [6, 6.07) is 9.56. The molecule has 7 heteroatoms. The van der Waals surface area contributed by atoms with Gasteiger partial charge in [-0.1, -0.05) is 18.2 Å². The summed E-state index contributed by atoms with van der Waals surface area (Å²) in [6.45, 7) is 1.70. The van der Waals surface area contributed by atoms with Gasteiger partial charge in [-0.2, -0.15) is 13.2 Å². The summed E-state index contributed by atoms with van der Waals surface area (Å²) in [5.41, 5.74) is 2.17. The Balaban J connectivity index is 1.56. The number of halogens is 3. The number of allylic oxidation sites excluding steroid dienone is 2. The smallest absolute Gasteiger partial charge is 0.348 e. The third-order valence-electron chi connectivity index (χ3n) is 5.50. The minimum Gasteiger partial charge on any atom is -0.348 e. The molecule has 0 saturated heterocycles. The fourth-order valence-electron chi connectivity index (χ4n) is 3.90. The molecule has 1 aliphatic carbocycles. The molecule has 0 bridgehead atoms. The Kier molecular flexibility index (Phi) is 5.76. The first-order valence-electron chi connectivity index (χ1n) is 10.2. The van der Waals surface area contributed by atoms with Crippen LogP contribution in [0, 0.1) is 6.92 Å². The first-order valence-corrected chi connectivity index (χ1v) is 10.2. The Labute approximate surface area is 178 Å². The van der Waals surface area contributed by atoms with Gasteiger partial charge in [-0.05, 0) is 73.6 Å². The lowest BCUT2D eigenvalue weighted by Crippen LogP contribution is -2.24. The fourth-order valence-corrected chi connectivity index (χ4v) is 3.90. The number of alkyl halides is 3. The predicted octanol–water partition coefficient (Wildman–Crippen LogP) is 5.84. The van der Waals surface area contributed by atoms with Crippen molar-refractivity contribution in [1.29, 1.82) is 0 Å². The van der Waals surface area contributed by atoms with Crippen LogP contribution < -0.4 is 5.32 Å². The number of pyridine rings is 2. The highest BCUT2D eigenvalue weighted by molar-refractivity contribution is 5.98. The average molecular weight is 425 g/mol. The molecule has 2 heterocycles. The molecule has 1 aliphatic rings. The number of amides is 1. The van der Waals surface area contributed by atoms with Crippen LogP contribution in [0.15, 0.2) is 48.7 Å². The molecule has 0 unspecified atom stereocenters. The van der Waals surface area contributed by atoms with E-state index in [1.54, 1.807) is 37.4 Å². The molecule has 0 aliphatic heterocycles. The van der Waals surface area contributed by atoms with E-state index in [9.17, 15) is 18.0 Å². The number of hydrogen-bond donors (Lipinski definition) is 1. The van der Waals surface area contributed by atoms with Crippen LogP contribution in [-0.2, 0) is 12.7 Å². The fraction of sp³-hybridized carbons (Fsp3) is 0.292. The highest BCUT2D eigenvalue weighted by atomic mass is 19.4. The van der Waals surface area contributed by atoms with Gasteiger partial charge in [0.2, 0.25) is 0 Å². The van der Waals surface area contributed by atoms with Crippen molar-refractivity contribution in [1.82, 2.24) is 15.3 Å². The van der Waals surface area contributed by atoms with E-state index < -0.39 is 11.7 Å². The number of hydrogen-bond acceptors (Lipinski definition) is 3. The van der Waals surface area contributed by atoms with Gasteiger partial charge < -0.3 is 5.32 Å². The van der Waals surface area contributed by atoms with Crippen LogP contribution in [0.2, 0.25) is 0 Å². The number of aromatic nitrogens is 2. The van der Waals surface area contributed by atoms with Gasteiger partial charge in [0.05, 0.1) is 16.8 Å². The molecule has 1 amide bonds. The van der Waals surface area contributed by atoms with Gasteiger partial charge in [0.25, 0.3) is 5.91 Å². The number of rotatable bonds is 4. The monoisotopic (exact) mass is 425 g/mol. The Hall–Kier alpha value is -3.22. The largest absolute Gasteiger partial charge is 0.417 e. The summed E-state index contributed by atoms with van der Waals surface area (Å²) in [4.78, 5) is 21.2. The zero-order valence-electron chi connectivity index (χ0n) is 17.1. The second-order valence-electron chi connectivity index (χ2n) is 7.71. The van der Waals surface area contributed by atoms with Gasteiger partial charge in [-0.25, -0.2) is 9.97 Å². The first-order chi connectivity index (χ1) is 14.8. The van der Waals surface area contributed by atoms with E-state index >= 15 is 0 Å². The van der Waals surface area contributed by atoms with Crippen molar-refractivity contribution in [2.45, 2.75) is 45.3 Å². The van der Waals surface area contributed by atoms with Gasteiger partial charge in [-0.15, -0.1) is 0 Å². The number of benzene rings is 1. The molecule has 4 nitrogen and oxygen atoms in total. The number of fused-ring (bicyclic) bond motifs is 1. The lowest BCUT2D eigenvalue weighted by atomic mass is 9.89. The molecule has 4 rings (SSSR count). The molecular formula is C24H22F3N3O. The summed E-state index contributed by atoms with van der Waals surface area (Å²) in [7, 11) is 0. The van der Waals surface area contributed by atoms with Crippen LogP contribution in [0.3, 0.4) is 0 Å². The third-order valence-corrected chi connectivity index (χ3v) is 5.50. The molecule has 0 spiro atoms. The van der Waals surface area contributed by atoms with Crippen LogP contribution in [0.5, 0.6) is 0 Å². The van der Waals surface area contributed by atoms with Gasteiger partial charge in [0, 0.05) is 18.1 Å². The maximum absolute atomic E-state index is 13.7. The van der Waals surface area contributed by atoms with Crippen molar-refractivity contribution in [2.24, 2.45) is 0 Å². The number of aryl methyl sites for hydroxylation is 1. The van der Waals surface area contributed by atoms with Gasteiger partial charge in [-0.3, -0.25) is 4.79 Å². The quantitative estimate of drug-likeness (QED) is 0.571. The van der Waals surface area contributed by atoms with Crippen molar-refractivity contribution >= 4 is 22.5 Å². The molecule has 1 aromatic carbocycles. The van der Waals surface area contributed by atoms with Crippen LogP contribution in [0.4, 0.5) is 13.2 Å². The van der Waals surface area contributed by atoms with E-state index in [1.807, 2.05) is 6.08 Å². The topological polar surface area (TPSA) is 54.9 Å². The van der Waals surface area contributed by atoms with E-state index in [0.717, 1.165) is 36.3 Å². The minimum atomic E-state index is -4.46. The van der Waals surface area contributed by atoms with Crippen molar-refractivity contribution in [3.63, 3.8) is 0 Å². The number of carbonyl (C=O) groups is 1. The highest BCUT2D eigenvalue weighted by Gasteiger charge is 2.34. The van der Waals surface area contributed by atoms with Crippen molar-refractivity contribution in [2.75, 3.05) is 0 Å². The molecule has 0 saturated carbocycles. The molecule has 31 heavy (non-hydrogen) atoms. The number of nitrogens with one attached hydrogen (secondary N) is 1. The van der Waals surface area contributed by atoms with E-state index in [4.69, 9.17) is 0 Å². The van der Waals surface area contributed by atoms with E-state index in [-0.39, 0.29) is 18.0 Å². The second kappa shape index (κ2) is 8.49. The maximum Gasteiger partial charge on any atom is 0.417 e. The Morgan fingerprint density at radius 2 is 2.00 bits per heavy atom. The minimum absolute atomic E-state index is 0.00818. The van der Waals surface area contributed by atoms with Crippen molar-refractivity contribution in [3.8, 4) is 0 Å². The lowest BCUT2D eigenvalue weighted by Gasteiger charge is -2.19. The summed E-state index contributed by atoms with van der Waals surface area (Å²) in [5, 5.41) is 3.44. The Morgan fingerprint density at radius 3 is 2.74 bits per heavy atom. The molecule has 1 N–H and O–H groups in total. The summed E-state index contributed by atoms with van der Waals surface area (Å²) in [6.07, 6.45) is 2.43. The Morgan fingerprint density at radius 1 is 1.16 bits per heavy atom. The van der Waals surface area contributed by atoms with E-state index in [0.29, 0.717) is 28.9 Å². The number of nitrogens with zero attached hydrogens (tertiary/aromatic N) is 2. The molecule has 2 aromatic heterocycles. The van der Waals surface area contributed by atoms with Crippen LogP contribution in [0.25, 0.3) is 16.6 Å².